The fourth-order valence-electron chi connectivity index (χ4n) is 2.43. The number of methoxy groups -OCH3 is 1. The molecule has 0 aromatic heterocycles. The smallest absolute Gasteiger partial charge is 0.236 e. The third-order valence-corrected chi connectivity index (χ3v) is 5.14. The fraction of sp³-hybridized carbons (Fsp3) is 0.533. The first kappa shape index (κ1) is 15.2. The number of hydrogen-bond donors (Lipinski definition) is 1. The first-order chi connectivity index (χ1) is 9.72. The summed E-state index contributed by atoms with van der Waals surface area (Å²) in [5, 5.41) is 3.22. The molecular formula is C15H22N2O2S. The van der Waals surface area contributed by atoms with Gasteiger partial charge in [-0.05, 0) is 19.5 Å². The molecule has 4 nitrogen and oxygen atoms in total. The second-order valence-corrected chi connectivity index (χ2v) is 6.05. The lowest BCUT2D eigenvalue weighted by atomic mass is 10.1. The van der Waals surface area contributed by atoms with E-state index in [2.05, 4.69) is 12.2 Å². The summed E-state index contributed by atoms with van der Waals surface area (Å²) < 4.78 is 5.45. The average molecular weight is 294 g/mol. The number of nitrogens with zero attached hydrogens (tertiary/aromatic N) is 1. The predicted octanol–water partition coefficient (Wildman–Crippen LogP) is 2.27. The Morgan fingerprint density at radius 3 is 2.80 bits per heavy atom. The summed E-state index contributed by atoms with van der Waals surface area (Å²) in [5.41, 5.74) is 1.08. The first-order valence-corrected chi connectivity index (χ1v) is 7.90. The van der Waals surface area contributed by atoms with Gasteiger partial charge < -0.3 is 15.0 Å². The molecule has 2 atom stereocenters. The number of carbonyl (C=O) groups is 1. The molecule has 1 saturated heterocycles. The zero-order chi connectivity index (χ0) is 14.5. The predicted molar refractivity (Wildman–Crippen MR) is 83.0 cm³/mol. The highest BCUT2D eigenvalue weighted by molar-refractivity contribution is 8.01. The number of benzene rings is 1. The Hall–Kier alpha value is -1.20. The van der Waals surface area contributed by atoms with Crippen LogP contribution in [0.15, 0.2) is 24.3 Å². The minimum absolute atomic E-state index is 0.0527. The Morgan fingerprint density at radius 2 is 2.15 bits per heavy atom. The zero-order valence-corrected chi connectivity index (χ0v) is 13.1. The van der Waals surface area contributed by atoms with E-state index in [0.717, 1.165) is 30.8 Å². The molecule has 1 aromatic carbocycles. The van der Waals surface area contributed by atoms with E-state index < -0.39 is 0 Å². The van der Waals surface area contributed by atoms with E-state index in [1.807, 2.05) is 36.2 Å². The number of nitrogens with one attached hydrogen (secondary N) is 1. The molecule has 0 radical (unpaired) electrons. The average Bonchev–Trinajstić information content (AvgIpc) is 2.81. The Bertz CT molecular complexity index is 467. The highest BCUT2D eigenvalue weighted by Gasteiger charge is 2.40. The molecule has 0 saturated carbocycles. The van der Waals surface area contributed by atoms with Gasteiger partial charge in [-0.1, -0.05) is 25.1 Å². The van der Waals surface area contributed by atoms with Gasteiger partial charge in [-0.25, -0.2) is 0 Å². The lowest BCUT2D eigenvalue weighted by Gasteiger charge is -2.25. The molecule has 1 heterocycles. The van der Waals surface area contributed by atoms with E-state index in [1.54, 1.807) is 18.9 Å². The van der Waals surface area contributed by atoms with Crippen LogP contribution in [-0.2, 0) is 4.79 Å². The van der Waals surface area contributed by atoms with Gasteiger partial charge in [0.2, 0.25) is 5.91 Å². The number of rotatable bonds is 6. The van der Waals surface area contributed by atoms with E-state index in [1.165, 1.54) is 0 Å². The molecule has 0 unspecified atom stereocenters. The number of hydrogen-bond acceptors (Lipinski definition) is 4. The van der Waals surface area contributed by atoms with Gasteiger partial charge >= 0.3 is 0 Å². The molecule has 110 valence electrons. The van der Waals surface area contributed by atoms with Crippen molar-refractivity contribution in [1.29, 1.82) is 0 Å². The van der Waals surface area contributed by atoms with Gasteiger partial charge in [0.1, 0.15) is 11.1 Å². The van der Waals surface area contributed by atoms with Gasteiger partial charge in [0.05, 0.1) is 12.4 Å². The maximum atomic E-state index is 12.5. The molecule has 5 heteroatoms. The van der Waals surface area contributed by atoms with Crippen LogP contribution in [-0.4, -0.2) is 43.3 Å². The van der Waals surface area contributed by atoms with Crippen LogP contribution < -0.4 is 10.1 Å². The molecule has 1 amide bonds. The summed E-state index contributed by atoms with van der Waals surface area (Å²) in [6.07, 6.45) is 0.866. The highest BCUT2D eigenvalue weighted by atomic mass is 32.2. The molecular weight excluding hydrogens is 272 g/mol. The van der Waals surface area contributed by atoms with Crippen LogP contribution in [0, 0.1) is 0 Å². The molecule has 1 aliphatic heterocycles. The number of amides is 1. The molecule has 0 spiro atoms. The summed E-state index contributed by atoms with van der Waals surface area (Å²) in [6.45, 7) is 3.59. The van der Waals surface area contributed by atoms with Crippen molar-refractivity contribution in [3.63, 3.8) is 0 Å². The number of ether oxygens (including phenoxy) is 1. The van der Waals surface area contributed by atoms with Crippen LogP contribution in [0.3, 0.4) is 0 Å². The van der Waals surface area contributed by atoms with Crippen molar-refractivity contribution in [1.82, 2.24) is 10.2 Å². The Morgan fingerprint density at radius 1 is 1.40 bits per heavy atom. The molecule has 1 aliphatic rings. The molecule has 20 heavy (non-hydrogen) atoms. The van der Waals surface area contributed by atoms with E-state index in [0.29, 0.717) is 0 Å². The summed E-state index contributed by atoms with van der Waals surface area (Å²) in [4.78, 5) is 14.4. The van der Waals surface area contributed by atoms with E-state index in [4.69, 9.17) is 4.74 Å². The van der Waals surface area contributed by atoms with Crippen molar-refractivity contribution >= 4 is 17.7 Å². The van der Waals surface area contributed by atoms with Crippen LogP contribution in [0.5, 0.6) is 5.75 Å². The van der Waals surface area contributed by atoms with Crippen LogP contribution in [0.4, 0.5) is 0 Å². The fourth-order valence-corrected chi connectivity index (χ4v) is 3.88. The summed E-state index contributed by atoms with van der Waals surface area (Å²) in [7, 11) is 3.58. The number of thioether (sulfide) groups is 1. The van der Waals surface area contributed by atoms with Crippen molar-refractivity contribution in [2.45, 2.75) is 24.0 Å². The first-order valence-electron chi connectivity index (χ1n) is 6.96. The largest absolute Gasteiger partial charge is 0.496 e. The third kappa shape index (κ3) is 2.94. The number of para-hydroxylation sites is 1. The molecule has 2 rings (SSSR count). The topological polar surface area (TPSA) is 41.6 Å². The molecule has 0 bridgehead atoms. The summed E-state index contributed by atoms with van der Waals surface area (Å²) >= 11 is 1.73. The Balaban J connectivity index is 2.29. The van der Waals surface area contributed by atoms with E-state index in [9.17, 15) is 4.79 Å². The third-order valence-electron chi connectivity index (χ3n) is 3.51. The summed E-state index contributed by atoms with van der Waals surface area (Å²) in [6, 6.07) is 7.96. The monoisotopic (exact) mass is 294 g/mol. The van der Waals surface area contributed by atoms with Gasteiger partial charge in [-0.15, -0.1) is 11.8 Å². The van der Waals surface area contributed by atoms with Crippen molar-refractivity contribution < 1.29 is 9.53 Å². The molecule has 1 aromatic rings. The highest BCUT2D eigenvalue weighted by Crippen LogP contribution is 2.46. The second-order valence-electron chi connectivity index (χ2n) is 4.76. The van der Waals surface area contributed by atoms with Crippen molar-refractivity contribution in [3.8, 4) is 5.75 Å². The van der Waals surface area contributed by atoms with Gasteiger partial charge in [0.25, 0.3) is 0 Å². The number of likely N-dealkylation sites (N-methyl/N-ethyl adjacent to an activating group) is 1. The maximum Gasteiger partial charge on any atom is 0.236 e. The van der Waals surface area contributed by atoms with E-state index in [-0.39, 0.29) is 16.5 Å². The minimum Gasteiger partial charge on any atom is -0.496 e. The van der Waals surface area contributed by atoms with Gasteiger partial charge in [0.15, 0.2) is 0 Å². The molecule has 0 aliphatic carbocycles. The zero-order valence-electron chi connectivity index (χ0n) is 12.3. The molecule has 1 fully saturated rings. The van der Waals surface area contributed by atoms with Crippen LogP contribution >= 0.6 is 11.8 Å². The van der Waals surface area contributed by atoms with Crippen molar-refractivity contribution in [2.75, 3.05) is 27.2 Å². The van der Waals surface area contributed by atoms with Gasteiger partial charge in [-0.2, -0.15) is 0 Å². The summed E-state index contributed by atoms with van der Waals surface area (Å²) in [5.74, 6) is 1.09. The normalized spacial score (nSPS) is 22.4. The Labute approximate surface area is 124 Å². The van der Waals surface area contributed by atoms with Crippen LogP contribution in [0.1, 0.15) is 24.3 Å². The van der Waals surface area contributed by atoms with Gasteiger partial charge in [-0.3, -0.25) is 4.79 Å². The Kier molecular flexibility index (Phi) is 5.31. The van der Waals surface area contributed by atoms with Crippen LogP contribution in [0.25, 0.3) is 0 Å². The van der Waals surface area contributed by atoms with E-state index >= 15 is 0 Å². The lowest BCUT2D eigenvalue weighted by molar-refractivity contribution is -0.130. The standard InChI is InChI=1S/C15H22N2O2S/c1-4-13-14(18)17(10-9-16-2)15(20-13)11-7-5-6-8-12(11)19-3/h5-8,13,15-16H,4,9-10H2,1-3H3/t13-,15-/m0/s1. The minimum atomic E-state index is 0.0527. The SMILES string of the molecule is CC[C@@H]1S[C@@H](c2ccccc2OC)N(CCNC)C1=O. The molecule has 1 N–H and O–H groups in total. The van der Waals surface area contributed by atoms with Crippen molar-refractivity contribution in [3.05, 3.63) is 29.8 Å². The lowest BCUT2D eigenvalue weighted by Crippen LogP contribution is -2.36. The second kappa shape index (κ2) is 6.99. The van der Waals surface area contributed by atoms with Gasteiger partial charge in [0, 0.05) is 18.7 Å². The number of carbonyl (C=O) groups excluding carboxylic acids is 1. The van der Waals surface area contributed by atoms with Crippen LogP contribution in [0.2, 0.25) is 0 Å². The quantitative estimate of drug-likeness (QED) is 0.874. The maximum absolute atomic E-state index is 12.5. The van der Waals surface area contributed by atoms with Crippen molar-refractivity contribution in [2.24, 2.45) is 0 Å².